The van der Waals surface area contributed by atoms with Crippen molar-refractivity contribution < 1.29 is 14.3 Å². The van der Waals surface area contributed by atoms with E-state index in [0.29, 0.717) is 36.2 Å². The fraction of sp³-hybridized carbons (Fsp3) is 0.235. The Hall–Kier alpha value is -2.40. The van der Waals surface area contributed by atoms with E-state index in [1.807, 2.05) is 31.2 Å². The summed E-state index contributed by atoms with van der Waals surface area (Å²) in [7, 11) is 0. The number of anilines is 1. The molecule has 6 heteroatoms. The molecule has 0 aliphatic rings. The predicted octanol–water partition coefficient (Wildman–Crippen LogP) is 3.94. The highest BCUT2D eigenvalue weighted by Crippen LogP contribution is 2.20. The van der Waals surface area contributed by atoms with Gasteiger partial charge in [0.25, 0.3) is 0 Å². The maximum atomic E-state index is 11.8. The molecule has 0 atom stereocenters. The maximum absolute atomic E-state index is 11.8. The average molecular weight is 335 g/mol. The Balaban J connectivity index is 1.72. The fourth-order valence-corrected chi connectivity index (χ4v) is 2.07. The minimum atomic E-state index is -0.329. The summed E-state index contributed by atoms with van der Waals surface area (Å²) in [6.07, 6.45) is 0. The monoisotopic (exact) mass is 334 g/mol. The van der Waals surface area contributed by atoms with Crippen LogP contribution in [0.4, 0.5) is 10.5 Å². The number of benzene rings is 2. The number of para-hydroxylation sites is 1. The van der Waals surface area contributed by atoms with Gasteiger partial charge in [0, 0.05) is 6.07 Å². The number of hydrogen-bond acceptors (Lipinski definition) is 3. The third-order valence-electron chi connectivity index (χ3n) is 2.89. The van der Waals surface area contributed by atoms with Gasteiger partial charge in [0.2, 0.25) is 0 Å². The third-order valence-corrected chi connectivity index (χ3v) is 3.22. The van der Waals surface area contributed by atoms with Crippen LogP contribution in [0.5, 0.6) is 11.5 Å². The third kappa shape index (κ3) is 5.71. The van der Waals surface area contributed by atoms with Gasteiger partial charge < -0.3 is 20.1 Å². The Morgan fingerprint density at radius 1 is 1.09 bits per heavy atom. The molecule has 0 fully saturated rings. The van der Waals surface area contributed by atoms with Gasteiger partial charge in [-0.2, -0.15) is 0 Å². The van der Waals surface area contributed by atoms with Crippen molar-refractivity contribution in [1.82, 2.24) is 5.32 Å². The number of halogens is 1. The lowest BCUT2D eigenvalue weighted by atomic mass is 10.3. The van der Waals surface area contributed by atoms with Gasteiger partial charge in [-0.05, 0) is 31.2 Å². The molecular weight excluding hydrogens is 316 g/mol. The molecule has 5 nitrogen and oxygen atoms in total. The highest BCUT2D eigenvalue weighted by molar-refractivity contribution is 6.33. The van der Waals surface area contributed by atoms with Gasteiger partial charge in [-0.3, -0.25) is 0 Å². The fourth-order valence-electron chi connectivity index (χ4n) is 1.88. The molecule has 23 heavy (non-hydrogen) atoms. The molecular formula is C17H19ClN2O3. The summed E-state index contributed by atoms with van der Waals surface area (Å²) in [4.78, 5) is 11.8. The van der Waals surface area contributed by atoms with Gasteiger partial charge >= 0.3 is 6.03 Å². The molecule has 2 amide bonds. The molecule has 0 radical (unpaired) electrons. The molecule has 2 aromatic carbocycles. The number of carbonyl (C=O) groups is 1. The van der Waals surface area contributed by atoms with Crippen molar-refractivity contribution in [1.29, 1.82) is 0 Å². The van der Waals surface area contributed by atoms with Crippen LogP contribution in [0.1, 0.15) is 6.92 Å². The molecule has 2 aromatic rings. The Kier molecular flexibility index (Phi) is 6.56. The lowest BCUT2D eigenvalue weighted by Crippen LogP contribution is -2.32. The van der Waals surface area contributed by atoms with E-state index in [1.54, 1.807) is 24.3 Å². The van der Waals surface area contributed by atoms with Crippen LogP contribution in [0, 0.1) is 0 Å². The first-order valence-corrected chi connectivity index (χ1v) is 7.72. The van der Waals surface area contributed by atoms with Crippen molar-refractivity contribution >= 4 is 23.3 Å². The summed E-state index contributed by atoms with van der Waals surface area (Å²) in [5, 5.41) is 5.87. The van der Waals surface area contributed by atoms with E-state index < -0.39 is 0 Å². The van der Waals surface area contributed by atoms with Gasteiger partial charge in [-0.15, -0.1) is 0 Å². The van der Waals surface area contributed by atoms with Crippen LogP contribution >= 0.6 is 11.6 Å². The molecule has 0 bridgehead atoms. The van der Waals surface area contributed by atoms with Crippen molar-refractivity contribution in [3.63, 3.8) is 0 Å². The maximum Gasteiger partial charge on any atom is 0.319 e. The highest BCUT2D eigenvalue weighted by atomic mass is 35.5. The number of urea groups is 1. The SMILES string of the molecule is CCOc1cccc(OCCNC(=O)Nc2ccccc2Cl)c1. The number of carbonyl (C=O) groups excluding carboxylic acids is 1. The quantitative estimate of drug-likeness (QED) is 0.754. The van der Waals surface area contributed by atoms with Crippen LogP contribution in [0.15, 0.2) is 48.5 Å². The van der Waals surface area contributed by atoms with Gasteiger partial charge in [-0.25, -0.2) is 4.79 Å². The summed E-state index contributed by atoms with van der Waals surface area (Å²) in [6, 6.07) is 14.1. The van der Waals surface area contributed by atoms with Crippen LogP contribution in [-0.4, -0.2) is 25.8 Å². The number of amides is 2. The molecule has 0 aliphatic carbocycles. The van der Waals surface area contributed by atoms with Crippen molar-refractivity contribution in [2.24, 2.45) is 0 Å². The molecule has 2 rings (SSSR count). The zero-order valence-corrected chi connectivity index (χ0v) is 13.6. The van der Waals surface area contributed by atoms with Gasteiger partial charge in [0.15, 0.2) is 0 Å². The van der Waals surface area contributed by atoms with E-state index >= 15 is 0 Å². The zero-order valence-electron chi connectivity index (χ0n) is 12.8. The van der Waals surface area contributed by atoms with E-state index in [9.17, 15) is 4.79 Å². The number of rotatable bonds is 7. The first-order valence-electron chi connectivity index (χ1n) is 7.34. The van der Waals surface area contributed by atoms with Crippen molar-refractivity contribution in [2.45, 2.75) is 6.92 Å². The Morgan fingerprint density at radius 3 is 2.57 bits per heavy atom. The van der Waals surface area contributed by atoms with E-state index in [2.05, 4.69) is 10.6 Å². The molecule has 0 aliphatic heterocycles. The Bertz CT molecular complexity index is 649. The van der Waals surface area contributed by atoms with Crippen molar-refractivity contribution in [3.05, 3.63) is 53.6 Å². The van der Waals surface area contributed by atoms with Gasteiger partial charge in [-0.1, -0.05) is 29.8 Å². The van der Waals surface area contributed by atoms with Crippen LogP contribution in [-0.2, 0) is 0 Å². The van der Waals surface area contributed by atoms with Crippen LogP contribution in [0.25, 0.3) is 0 Å². The standard InChI is InChI=1S/C17H19ClN2O3/c1-2-22-13-6-5-7-14(12-13)23-11-10-19-17(21)20-16-9-4-3-8-15(16)18/h3-9,12H,2,10-11H2,1H3,(H2,19,20,21). The molecule has 0 saturated heterocycles. The molecule has 2 N–H and O–H groups in total. The Morgan fingerprint density at radius 2 is 1.83 bits per heavy atom. The minimum Gasteiger partial charge on any atom is -0.494 e. The highest BCUT2D eigenvalue weighted by Gasteiger charge is 2.04. The normalized spacial score (nSPS) is 10.0. The molecule has 0 aromatic heterocycles. The second-order valence-electron chi connectivity index (χ2n) is 4.62. The van der Waals surface area contributed by atoms with Gasteiger partial charge in [0.05, 0.1) is 23.9 Å². The minimum absolute atomic E-state index is 0.329. The molecule has 0 unspecified atom stereocenters. The van der Waals surface area contributed by atoms with E-state index in [0.717, 1.165) is 5.75 Å². The molecule has 0 spiro atoms. The van der Waals surface area contributed by atoms with E-state index in [1.165, 1.54) is 0 Å². The Labute approximate surface area is 140 Å². The first-order chi connectivity index (χ1) is 11.2. The number of hydrogen-bond donors (Lipinski definition) is 2. The summed E-state index contributed by atoms with van der Waals surface area (Å²) < 4.78 is 11.0. The topological polar surface area (TPSA) is 59.6 Å². The second-order valence-corrected chi connectivity index (χ2v) is 5.02. The zero-order chi connectivity index (χ0) is 16.5. The average Bonchev–Trinajstić information content (AvgIpc) is 2.55. The molecule has 122 valence electrons. The van der Waals surface area contributed by atoms with Crippen LogP contribution in [0.2, 0.25) is 5.02 Å². The smallest absolute Gasteiger partial charge is 0.319 e. The first kappa shape index (κ1) is 17.0. The summed E-state index contributed by atoms with van der Waals surface area (Å²) in [5.41, 5.74) is 0.567. The van der Waals surface area contributed by atoms with Gasteiger partial charge in [0.1, 0.15) is 18.1 Å². The van der Waals surface area contributed by atoms with E-state index in [4.69, 9.17) is 21.1 Å². The molecule has 0 heterocycles. The van der Waals surface area contributed by atoms with Crippen molar-refractivity contribution in [3.8, 4) is 11.5 Å². The summed E-state index contributed by atoms with van der Waals surface area (Å²) >= 11 is 5.97. The summed E-state index contributed by atoms with van der Waals surface area (Å²) in [6.45, 7) is 3.25. The number of ether oxygens (including phenoxy) is 2. The predicted molar refractivity (Wildman–Crippen MR) is 91.6 cm³/mol. The van der Waals surface area contributed by atoms with Crippen LogP contribution < -0.4 is 20.1 Å². The van der Waals surface area contributed by atoms with E-state index in [-0.39, 0.29) is 6.03 Å². The van der Waals surface area contributed by atoms with Crippen molar-refractivity contribution in [2.75, 3.05) is 25.1 Å². The summed E-state index contributed by atoms with van der Waals surface area (Å²) in [5.74, 6) is 1.46. The largest absolute Gasteiger partial charge is 0.494 e. The lowest BCUT2D eigenvalue weighted by Gasteiger charge is -2.10. The lowest BCUT2D eigenvalue weighted by molar-refractivity contribution is 0.247. The van der Waals surface area contributed by atoms with Crippen LogP contribution in [0.3, 0.4) is 0 Å². The number of nitrogens with one attached hydrogen (secondary N) is 2. The molecule has 0 saturated carbocycles. The second kappa shape index (κ2) is 8.90.